The van der Waals surface area contributed by atoms with Crippen molar-refractivity contribution in [3.63, 3.8) is 0 Å². The van der Waals surface area contributed by atoms with Crippen LogP contribution < -0.4 is 0 Å². The lowest BCUT2D eigenvalue weighted by atomic mass is 9.96. The second kappa shape index (κ2) is 5.02. The molecule has 0 saturated heterocycles. The summed E-state index contributed by atoms with van der Waals surface area (Å²) in [7, 11) is 0. The fourth-order valence-electron chi connectivity index (χ4n) is 2.19. The molecule has 0 unspecified atom stereocenters. The molecule has 0 radical (unpaired) electrons. The van der Waals surface area contributed by atoms with Gasteiger partial charge < -0.3 is 0 Å². The molecule has 3 nitrogen and oxygen atoms in total. The Balaban J connectivity index is 2.11. The zero-order valence-corrected chi connectivity index (χ0v) is 12.3. The third-order valence-corrected chi connectivity index (χ3v) is 4.08. The summed E-state index contributed by atoms with van der Waals surface area (Å²) in [6.07, 6.45) is 3.91. The molecule has 2 aromatic rings. The molecule has 1 aromatic heterocycles. The summed E-state index contributed by atoms with van der Waals surface area (Å²) >= 11 is 9.47. The first kappa shape index (κ1) is 12.8. The summed E-state index contributed by atoms with van der Waals surface area (Å²) in [5.41, 5.74) is 2.34. The van der Waals surface area contributed by atoms with E-state index < -0.39 is 0 Å². The molecule has 19 heavy (non-hydrogen) atoms. The van der Waals surface area contributed by atoms with Crippen LogP contribution >= 0.6 is 27.5 Å². The van der Waals surface area contributed by atoms with Crippen molar-refractivity contribution in [2.75, 3.05) is 0 Å². The summed E-state index contributed by atoms with van der Waals surface area (Å²) in [5.74, 6) is 0.737. The number of fused-ring (bicyclic) bond motifs is 1. The Kier molecular flexibility index (Phi) is 3.37. The summed E-state index contributed by atoms with van der Waals surface area (Å²) in [6, 6.07) is 5.49. The Bertz CT molecular complexity index is 672. The fraction of sp³-hybridized carbons (Fsp3) is 0.214. The Hall–Kier alpha value is -1.26. The summed E-state index contributed by atoms with van der Waals surface area (Å²) < 4.78 is 0.888. The number of aromatic nitrogens is 2. The molecular formula is C14H10BrClN2O. The second-order valence-electron chi connectivity index (χ2n) is 4.45. The number of halogens is 2. The topological polar surface area (TPSA) is 42.9 Å². The van der Waals surface area contributed by atoms with Gasteiger partial charge in [-0.3, -0.25) is 4.79 Å². The number of benzene rings is 1. The molecule has 1 heterocycles. The maximum Gasteiger partial charge on any atom is 0.166 e. The molecule has 0 bridgehead atoms. The van der Waals surface area contributed by atoms with Crippen LogP contribution in [0.25, 0.3) is 11.4 Å². The van der Waals surface area contributed by atoms with Crippen LogP contribution in [0.4, 0.5) is 0 Å². The van der Waals surface area contributed by atoms with Crippen LogP contribution in [-0.2, 0) is 6.42 Å². The quantitative estimate of drug-likeness (QED) is 0.787. The van der Waals surface area contributed by atoms with E-state index in [0.717, 1.165) is 28.6 Å². The monoisotopic (exact) mass is 336 g/mol. The number of hydrogen-bond donors (Lipinski definition) is 0. The molecule has 0 atom stereocenters. The van der Waals surface area contributed by atoms with Crippen molar-refractivity contribution in [1.29, 1.82) is 0 Å². The van der Waals surface area contributed by atoms with Crippen LogP contribution in [0, 0.1) is 0 Å². The van der Waals surface area contributed by atoms with Gasteiger partial charge in [-0.2, -0.15) is 0 Å². The molecule has 96 valence electrons. The third kappa shape index (κ3) is 2.42. The molecule has 5 heteroatoms. The van der Waals surface area contributed by atoms with E-state index in [0.29, 0.717) is 22.8 Å². The van der Waals surface area contributed by atoms with Crippen molar-refractivity contribution in [3.05, 3.63) is 45.1 Å². The van der Waals surface area contributed by atoms with Crippen molar-refractivity contribution in [2.45, 2.75) is 19.3 Å². The van der Waals surface area contributed by atoms with E-state index in [2.05, 4.69) is 25.9 Å². The first-order valence-corrected chi connectivity index (χ1v) is 7.17. The van der Waals surface area contributed by atoms with Gasteiger partial charge in [0.05, 0.1) is 11.3 Å². The van der Waals surface area contributed by atoms with E-state index in [1.54, 1.807) is 12.3 Å². The van der Waals surface area contributed by atoms with Gasteiger partial charge in [-0.25, -0.2) is 9.97 Å². The van der Waals surface area contributed by atoms with E-state index in [-0.39, 0.29) is 5.78 Å². The van der Waals surface area contributed by atoms with Gasteiger partial charge in [0, 0.05) is 27.7 Å². The molecule has 1 aromatic carbocycles. The van der Waals surface area contributed by atoms with Crippen molar-refractivity contribution >= 4 is 33.3 Å². The fourth-order valence-corrected chi connectivity index (χ4v) is 2.79. The Labute approximate surface area is 124 Å². The van der Waals surface area contributed by atoms with Crippen molar-refractivity contribution in [3.8, 4) is 11.4 Å². The highest BCUT2D eigenvalue weighted by atomic mass is 79.9. The number of Topliss-reactive ketones (excluding diaryl/α,β-unsaturated/α-hetero) is 1. The van der Waals surface area contributed by atoms with Gasteiger partial charge in [-0.1, -0.05) is 27.5 Å². The van der Waals surface area contributed by atoms with Crippen LogP contribution in [0.15, 0.2) is 28.9 Å². The largest absolute Gasteiger partial charge is 0.294 e. The minimum absolute atomic E-state index is 0.137. The molecule has 0 aliphatic heterocycles. The molecule has 0 spiro atoms. The van der Waals surface area contributed by atoms with Crippen LogP contribution in [0.1, 0.15) is 28.9 Å². The molecule has 0 saturated carbocycles. The third-order valence-electron chi connectivity index (χ3n) is 3.15. The molecule has 1 aliphatic carbocycles. The van der Waals surface area contributed by atoms with E-state index in [9.17, 15) is 4.79 Å². The number of ketones is 1. The SMILES string of the molecule is O=C1CCCc2nc(-c3cc(Cl)ccc3Br)ncc21. The molecule has 3 rings (SSSR count). The van der Waals surface area contributed by atoms with Gasteiger partial charge >= 0.3 is 0 Å². The van der Waals surface area contributed by atoms with Gasteiger partial charge in [-0.05, 0) is 31.0 Å². The number of carbonyl (C=O) groups excluding carboxylic acids is 1. The molecule has 0 amide bonds. The minimum Gasteiger partial charge on any atom is -0.294 e. The predicted molar refractivity (Wildman–Crippen MR) is 77.4 cm³/mol. The van der Waals surface area contributed by atoms with E-state index >= 15 is 0 Å². The number of nitrogens with zero attached hydrogens (tertiary/aromatic N) is 2. The summed E-state index contributed by atoms with van der Waals surface area (Å²) in [4.78, 5) is 20.6. The first-order valence-electron chi connectivity index (χ1n) is 5.99. The maximum atomic E-state index is 11.7. The second-order valence-corrected chi connectivity index (χ2v) is 5.75. The molecular weight excluding hydrogens is 328 g/mol. The predicted octanol–water partition coefficient (Wildman–Crippen LogP) is 4.08. The van der Waals surface area contributed by atoms with E-state index in [4.69, 9.17) is 11.6 Å². The Morgan fingerprint density at radius 2 is 2.05 bits per heavy atom. The average Bonchev–Trinajstić information content (AvgIpc) is 2.41. The van der Waals surface area contributed by atoms with Gasteiger partial charge in [0.1, 0.15) is 0 Å². The molecule has 0 fully saturated rings. The zero-order valence-electron chi connectivity index (χ0n) is 9.99. The Morgan fingerprint density at radius 1 is 1.21 bits per heavy atom. The Morgan fingerprint density at radius 3 is 2.89 bits per heavy atom. The van der Waals surface area contributed by atoms with Gasteiger partial charge in [0.2, 0.25) is 0 Å². The highest BCUT2D eigenvalue weighted by Crippen LogP contribution is 2.30. The van der Waals surface area contributed by atoms with Gasteiger partial charge in [0.15, 0.2) is 11.6 Å². The average molecular weight is 338 g/mol. The zero-order chi connectivity index (χ0) is 13.4. The maximum absolute atomic E-state index is 11.7. The lowest BCUT2D eigenvalue weighted by Gasteiger charge is -2.14. The molecule has 0 N–H and O–H groups in total. The minimum atomic E-state index is 0.137. The summed E-state index contributed by atoms with van der Waals surface area (Å²) in [6.45, 7) is 0. The highest BCUT2D eigenvalue weighted by Gasteiger charge is 2.20. The lowest BCUT2D eigenvalue weighted by molar-refractivity contribution is 0.0971. The van der Waals surface area contributed by atoms with Crippen molar-refractivity contribution < 1.29 is 4.79 Å². The highest BCUT2D eigenvalue weighted by molar-refractivity contribution is 9.10. The van der Waals surface area contributed by atoms with Gasteiger partial charge in [0.25, 0.3) is 0 Å². The number of rotatable bonds is 1. The number of hydrogen-bond acceptors (Lipinski definition) is 3. The molecule has 1 aliphatic rings. The smallest absolute Gasteiger partial charge is 0.166 e. The number of carbonyl (C=O) groups is 1. The van der Waals surface area contributed by atoms with Crippen LogP contribution in [-0.4, -0.2) is 15.8 Å². The summed E-state index contributed by atoms with van der Waals surface area (Å²) in [5, 5.41) is 0.635. The van der Waals surface area contributed by atoms with Crippen molar-refractivity contribution in [1.82, 2.24) is 9.97 Å². The van der Waals surface area contributed by atoms with E-state index in [1.807, 2.05) is 12.1 Å². The van der Waals surface area contributed by atoms with Crippen molar-refractivity contribution in [2.24, 2.45) is 0 Å². The standard InChI is InChI=1S/C14H10BrClN2O/c15-11-5-4-8(16)6-9(11)14-17-7-10-12(18-14)2-1-3-13(10)19/h4-7H,1-3H2. The van der Waals surface area contributed by atoms with Crippen LogP contribution in [0.3, 0.4) is 0 Å². The number of aryl methyl sites for hydroxylation is 1. The van der Waals surface area contributed by atoms with Gasteiger partial charge in [-0.15, -0.1) is 0 Å². The van der Waals surface area contributed by atoms with E-state index in [1.165, 1.54) is 0 Å². The van der Waals surface area contributed by atoms with Crippen LogP contribution in [0.2, 0.25) is 5.02 Å². The van der Waals surface area contributed by atoms with Crippen LogP contribution in [0.5, 0.6) is 0 Å². The first-order chi connectivity index (χ1) is 9.15. The normalized spacial score (nSPS) is 14.3. The lowest BCUT2D eigenvalue weighted by Crippen LogP contribution is -2.13.